The van der Waals surface area contributed by atoms with Gasteiger partial charge in [0.2, 0.25) is 11.8 Å². The van der Waals surface area contributed by atoms with Crippen LogP contribution in [0.2, 0.25) is 0 Å². The molecule has 3 unspecified atom stereocenters. The Morgan fingerprint density at radius 1 is 0.860 bits per heavy atom. The number of carbonyl (C=O) groups is 2. The number of ether oxygens (including phenoxy) is 2. The van der Waals surface area contributed by atoms with Crippen LogP contribution >= 0.6 is 0 Å². The summed E-state index contributed by atoms with van der Waals surface area (Å²) in [6.07, 6.45) is 5.02. The lowest BCUT2D eigenvalue weighted by atomic mass is 9.98. The minimum Gasteiger partial charge on any atom is -0.392 e. The molecule has 3 aromatic carbocycles. The van der Waals surface area contributed by atoms with E-state index in [1.54, 1.807) is 5.48 Å². The van der Waals surface area contributed by atoms with Gasteiger partial charge in [0.05, 0.1) is 29.8 Å². The number of aliphatic hydroxyl groups is 1. The smallest absolute Gasteiger partial charge is 0.326 e. The van der Waals surface area contributed by atoms with Crippen LogP contribution in [0.25, 0.3) is 11.0 Å². The Kier molecular flexibility index (Phi) is 12.1. The van der Waals surface area contributed by atoms with Gasteiger partial charge in [0.1, 0.15) is 0 Å². The zero-order valence-corrected chi connectivity index (χ0v) is 28.3. The van der Waals surface area contributed by atoms with Crippen LogP contribution in [-0.4, -0.2) is 62.3 Å². The lowest BCUT2D eigenvalue weighted by molar-refractivity contribution is -0.253. The fraction of sp³-hybridized carbons (Fsp3) is 0.447. The third kappa shape index (κ3) is 9.06. The molecule has 1 aromatic heterocycles. The van der Waals surface area contributed by atoms with E-state index in [1.807, 2.05) is 77.4 Å². The van der Waals surface area contributed by atoms with Crippen LogP contribution < -0.4 is 16.5 Å². The minimum atomic E-state index is -0.647. The number of carbonyl (C=O) groups excluding carboxylic acids is 2. The fourth-order valence-electron chi connectivity index (χ4n) is 7.08. The Labute approximate surface area is 291 Å². The number of nitrogens with zero attached hydrogens (tertiary/aromatic N) is 2. The van der Waals surface area contributed by atoms with E-state index in [-0.39, 0.29) is 42.9 Å². The number of fused-ring (bicyclic) bond motifs is 1. The van der Waals surface area contributed by atoms with E-state index in [9.17, 15) is 19.5 Å². The second-order valence-electron chi connectivity index (χ2n) is 13.3. The number of hydrogen-bond acceptors (Lipinski definition) is 8. The van der Waals surface area contributed by atoms with Gasteiger partial charge in [-0.25, -0.2) is 10.3 Å². The van der Waals surface area contributed by atoms with Crippen molar-refractivity contribution in [2.24, 2.45) is 0 Å². The molecule has 0 aliphatic carbocycles. The molecule has 2 aliphatic rings. The molecule has 0 saturated carbocycles. The van der Waals surface area contributed by atoms with Gasteiger partial charge in [-0.15, -0.1) is 0 Å². The van der Waals surface area contributed by atoms with Gasteiger partial charge in [-0.1, -0.05) is 61.4 Å². The summed E-state index contributed by atoms with van der Waals surface area (Å²) in [6.45, 7) is 2.39. The average molecular weight is 686 g/mol. The Morgan fingerprint density at radius 2 is 1.60 bits per heavy atom. The summed E-state index contributed by atoms with van der Waals surface area (Å²) >= 11 is 0. The number of H-pyrrole nitrogens is 1. The lowest BCUT2D eigenvalue weighted by Crippen LogP contribution is -2.43. The molecular weight excluding hydrogens is 638 g/mol. The lowest BCUT2D eigenvalue weighted by Gasteiger charge is -2.40. The number of aromatic nitrogens is 2. The second kappa shape index (κ2) is 17.1. The number of hydrogen-bond donors (Lipinski definition) is 5. The van der Waals surface area contributed by atoms with Crippen molar-refractivity contribution < 1.29 is 29.4 Å². The second-order valence-corrected chi connectivity index (χ2v) is 13.3. The Morgan fingerprint density at radius 3 is 2.34 bits per heavy atom. The number of aromatic amines is 1. The van der Waals surface area contributed by atoms with Crippen molar-refractivity contribution in [1.29, 1.82) is 0 Å². The Hall–Kier alpha value is -4.33. The van der Waals surface area contributed by atoms with Crippen LogP contribution in [0, 0.1) is 0 Å². The summed E-state index contributed by atoms with van der Waals surface area (Å²) in [5, 5.41) is 21.2. The number of para-hydroxylation sites is 2. The van der Waals surface area contributed by atoms with E-state index < -0.39 is 12.2 Å². The molecule has 5 N–H and O–H groups in total. The summed E-state index contributed by atoms with van der Waals surface area (Å²) < 4.78 is 15.1. The maximum atomic E-state index is 12.8. The predicted octanol–water partition coefficient (Wildman–Crippen LogP) is 5.49. The highest BCUT2D eigenvalue weighted by Gasteiger charge is 2.34. The van der Waals surface area contributed by atoms with Gasteiger partial charge in [-0.05, 0) is 61.1 Å². The minimum absolute atomic E-state index is 0.0251. The van der Waals surface area contributed by atoms with Crippen molar-refractivity contribution in [3.8, 4) is 0 Å². The first-order valence-corrected chi connectivity index (χ1v) is 17.6. The highest BCUT2D eigenvalue weighted by atomic mass is 16.7. The maximum Gasteiger partial charge on any atom is 0.326 e. The number of unbranched alkanes of at least 4 members (excludes halogenated alkanes) is 3. The van der Waals surface area contributed by atoms with Crippen molar-refractivity contribution in [2.45, 2.75) is 88.9 Å². The number of rotatable bonds is 14. The van der Waals surface area contributed by atoms with Crippen LogP contribution in [0.1, 0.15) is 92.9 Å². The Balaban J connectivity index is 1.08. The molecule has 2 fully saturated rings. The highest BCUT2D eigenvalue weighted by Crippen LogP contribution is 2.39. The van der Waals surface area contributed by atoms with Gasteiger partial charge in [0, 0.05) is 56.2 Å². The molecule has 0 bridgehead atoms. The van der Waals surface area contributed by atoms with Crippen LogP contribution in [0.5, 0.6) is 0 Å². The number of amides is 2. The van der Waals surface area contributed by atoms with Crippen LogP contribution in [0.15, 0.2) is 77.6 Å². The fourth-order valence-corrected chi connectivity index (χ4v) is 7.08. The molecule has 0 radical (unpaired) electrons. The van der Waals surface area contributed by atoms with Crippen LogP contribution in [-0.2, 0) is 25.7 Å². The largest absolute Gasteiger partial charge is 0.392 e. The molecule has 6 rings (SSSR count). The van der Waals surface area contributed by atoms with Crippen molar-refractivity contribution in [1.82, 2.24) is 19.9 Å². The SMILES string of the molecule is O=C(CCCCCCC(=O)Nc1cccc(C2OC(CN3CCC(n4c(=O)[nH]c5ccccc54)CC3)CC(c3ccc(CO)cc3)O2)c1)NO. The molecule has 266 valence electrons. The predicted molar refractivity (Wildman–Crippen MR) is 188 cm³/mol. The van der Waals surface area contributed by atoms with Crippen molar-refractivity contribution in [2.75, 3.05) is 25.0 Å². The number of piperidine rings is 1. The molecule has 2 saturated heterocycles. The number of benzene rings is 3. The van der Waals surface area contributed by atoms with Crippen LogP contribution in [0.4, 0.5) is 5.69 Å². The Bertz CT molecular complexity index is 1780. The van der Waals surface area contributed by atoms with Crippen LogP contribution in [0.3, 0.4) is 0 Å². The molecule has 50 heavy (non-hydrogen) atoms. The summed E-state index contributed by atoms with van der Waals surface area (Å²) in [6, 6.07) is 23.4. The van der Waals surface area contributed by atoms with Crippen molar-refractivity contribution in [3.63, 3.8) is 0 Å². The van der Waals surface area contributed by atoms with Gasteiger partial charge < -0.3 is 29.8 Å². The third-order valence-corrected chi connectivity index (χ3v) is 9.75. The van der Waals surface area contributed by atoms with Gasteiger partial charge in [-0.3, -0.25) is 19.4 Å². The van der Waals surface area contributed by atoms with Gasteiger partial charge in [-0.2, -0.15) is 0 Å². The van der Waals surface area contributed by atoms with E-state index in [0.717, 1.165) is 73.0 Å². The summed E-state index contributed by atoms with van der Waals surface area (Å²) in [4.78, 5) is 42.1. The zero-order chi connectivity index (χ0) is 34.9. The standard InChI is InChI=1S/C38H47N5O7/c44-25-26-14-16-27(17-15-26)34-23-31(24-42-20-18-30(19-21-42)43-33-11-6-5-10-32(33)40-38(43)47)49-37(50-34)28-8-7-9-29(22-28)39-35(45)12-3-1-2-4-13-36(46)41-48/h5-11,14-17,22,30-31,34,37,44,48H,1-4,12-13,18-21,23-25H2,(H,39,45)(H,40,47)(H,41,46). The van der Waals surface area contributed by atoms with Gasteiger partial charge in [0.25, 0.3) is 0 Å². The van der Waals surface area contributed by atoms with E-state index in [1.165, 1.54) is 0 Å². The normalized spacial score (nSPS) is 20.2. The first kappa shape index (κ1) is 35.5. The highest BCUT2D eigenvalue weighted by molar-refractivity contribution is 5.90. The number of anilines is 1. The summed E-state index contributed by atoms with van der Waals surface area (Å²) in [5.74, 6) is -0.481. The molecule has 0 spiro atoms. The average Bonchev–Trinajstić information content (AvgIpc) is 3.48. The molecular formula is C38H47N5O7. The van der Waals surface area contributed by atoms with E-state index in [4.69, 9.17) is 14.7 Å². The van der Waals surface area contributed by atoms with Crippen molar-refractivity contribution >= 4 is 28.5 Å². The number of likely N-dealkylation sites (tertiary alicyclic amines) is 1. The molecule has 12 heteroatoms. The van der Waals surface area contributed by atoms with Gasteiger partial charge >= 0.3 is 5.69 Å². The number of aliphatic hydroxyl groups excluding tert-OH is 1. The monoisotopic (exact) mass is 685 g/mol. The van der Waals surface area contributed by atoms with E-state index in [2.05, 4.69) is 15.2 Å². The molecule has 2 amide bonds. The third-order valence-electron chi connectivity index (χ3n) is 9.75. The topological polar surface area (TPSA) is 158 Å². The quantitative estimate of drug-likeness (QED) is 0.0663. The first-order chi connectivity index (χ1) is 24.4. The summed E-state index contributed by atoms with van der Waals surface area (Å²) in [5.41, 5.74) is 6.71. The molecule has 3 atom stereocenters. The molecule has 2 aliphatic heterocycles. The number of imidazole rings is 1. The molecule has 12 nitrogen and oxygen atoms in total. The zero-order valence-electron chi connectivity index (χ0n) is 28.3. The maximum absolute atomic E-state index is 12.8. The summed E-state index contributed by atoms with van der Waals surface area (Å²) in [7, 11) is 0. The van der Waals surface area contributed by atoms with E-state index in [0.29, 0.717) is 31.4 Å². The molecule has 4 aromatic rings. The van der Waals surface area contributed by atoms with E-state index >= 15 is 0 Å². The molecule has 3 heterocycles. The number of nitrogens with one attached hydrogen (secondary N) is 3. The van der Waals surface area contributed by atoms with Crippen molar-refractivity contribution in [3.05, 3.63) is 100.0 Å². The number of hydroxylamine groups is 1. The van der Waals surface area contributed by atoms with Gasteiger partial charge in [0.15, 0.2) is 6.29 Å². The first-order valence-electron chi connectivity index (χ1n) is 17.6.